The quantitative estimate of drug-likeness (QED) is 0.488. The molecule has 4 rings (SSSR count). The Bertz CT molecular complexity index is 802. The standard InChI is InChI=1S/C24H34ClF2N3OS/c1-2-15-32-30-13-11-29(12-14-30)23(7-9-24(26,27)10-8-23)17-28-22(31)20-6-5-19(16-21(20)25)18-3-4-18/h5-6,16,18H,2-4,7-15,17H2,1H3,(H,28,31). The van der Waals surface area contributed by atoms with E-state index in [-0.39, 0.29) is 18.7 Å². The van der Waals surface area contributed by atoms with Crippen LogP contribution in [0, 0.1) is 0 Å². The zero-order chi connectivity index (χ0) is 22.8. The van der Waals surface area contributed by atoms with Gasteiger partial charge in [-0.05, 0) is 55.7 Å². The molecule has 0 radical (unpaired) electrons. The first-order chi connectivity index (χ1) is 15.3. The highest BCUT2D eigenvalue weighted by atomic mass is 35.5. The molecule has 1 aliphatic heterocycles. The van der Waals surface area contributed by atoms with E-state index in [0.717, 1.165) is 38.4 Å². The van der Waals surface area contributed by atoms with Crippen LogP contribution in [0.2, 0.25) is 5.02 Å². The summed E-state index contributed by atoms with van der Waals surface area (Å²) in [4.78, 5) is 15.3. The van der Waals surface area contributed by atoms with E-state index in [1.807, 2.05) is 24.1 Å². The first-order valence-electron chi connectivity index (χ1n) is 11.9. The summed E-state index contributed by atoms with van der Waals surface area (Å²) in [6, 6.07) is 5.69. The number of nitrogens with one attached hydrogen (secondary N) is 1. The predicted molar refractivity (Wildman–Crippen MR) is 128 cm³/mol. The third-order valence-corrected chi connectivity index (χ3v) is 8.80. The monoisotopic (exact) mass is 485 g/mol. The molecule has 2 aliphatic carbocycles. The van der Waals surface area contributed by atoms with Crippen molar-refractivity contribution in [2.75, 3.05) is 38.5 Å². The molecule has 1 amide bonds. The van der Waals surface area contributed by atoms with Gasteiger partial charge in [0.1, 0.15) is 0 Å². The molecule has 3 aliphatic rings. The summed E-state index contributed by atoms with van der Waals surface area (Å²) in [6.45, 7) is 6.08. The van der Waals surface area contributed by atoms with Crippen LogP contribution in [0.3, 0.4) is 0 Å². The first-order valence-corrected chi connectivity index (χ1v) is 13.2. The summed E-state index contributed by atoms with van der Waals surface area (Å²) in [5, 5.41) is 3.53. The smallest absolute Gasteiger partial charge is 0.252 e. The number of benzene rings is 1. The van der Waals surface area contributed by atoms with Crippen LogP contribution >= 0.6 is 23.5 Å². The molecule has 1 heterocycles. The SMILES string of the molecule is CCCSN1CCN(C2(CNC(=O)c3ccc(C4CC4)cc3Cl)CCC(F)(F)CC2)CC1. The van der Waals surface area contributed by atoms with E-state index < -0.39 is 11.5 Å². The van der Waals surface area contributed by atoms with E-state index in [1.54, 1.807) is 6.07 Å². The summed E-state index contributed by atoms with van der Waals surface area (Å²) in [5.41, 5.74) is 1.24. The van der Waals surface area contributed by atoms with Crippen molar-refractivity contribution in [3.63, 3.8) is 0 Å². The van der Waals surface area contributed by atoms with E-state index in [0.29, 0.717) is 35.9 Å². The van der Waals surface area contributed by atoms with Crippen LogP contribution in [0.25, 0.3) is 0 Å². The van der Waals surface area contributed by atoms with Gasteiger partial charge < -0.3 is 5.32 Å². The molecule has 0 unspecified atom stereocenters. The largest absolute Gasteiger partial charge is 0.350 e. The maximum Gasteiger partial charge on any atom is 0.252 e. The molecule has 1 saturated heterocycles. The number of amides is 1. The Kier molecular flexibility index (Phi) is 7.70. The van der Waals surface area contributed by atoms with Crippen molar-refractivity contribution in [3.05, 3.63) is 34.3 Å². The average molecular weight is 486 g/mol. The number of nitrogens with zero attached hydrogens (tertiary/aromatic N) is 2. The van der Waals surface area contributed by atoms with Crippen LogP contribution in [0.5, 0.6) is 0 Å². The summed E-state index contributed by atoms with van der Waals surface area (Å²) < 4.78 is 30.4. The Hall–Kier alpha value is -0.890. The van der Waals surface area contributed by atoms with Crippen LogP contribution in [-0.4, -0.2) is 65.1 Å². The zero-order valence-corrected chi connectivity index (χ0v) is 20.4. The molecule has 0 bridgehead atoms. The highest BCUT2D eigenvalue weighted by Crippen LogP contribution is 2.43. The molecular formula is C24H34ClF2N3OS. The molecule has 4 nitrogen and oxygen atoms in total. The minimum Gasteiger partial charge on any atom is -0.350 e. The van der Waals surface area contributed by atoms with Crippen LogP contribution < -0.4 is 5.32 Å². The van der Waals surface area contributed by atoms with Gasteiger partial charge in [0.05, 0.1) is 10.6 Å². The Morgan fingerprint density at radius 2 is 1.84 bits per heavy atom. The third kappa shape index (κ3) is 5.78. The molecule has 8 heteroatoms. The maximum atomic E-state index is 14.0. The molecule has 0 atom stereocenters. The van der Waals surface area contributed by atoms with Crippen LogP contribution in [0.15, 0.2) is 18.2 Å². The molecule has 0 aromatic heterocycles. The van der Waals surface area contributed by atoms with Gasteiger partial charge in [-0.2, -0.15) is 0 Å². The van der Waals surface area contributed by atoms with E-state index in [1.165, 1.54) is 18.4 Å². The van der Waals surface area contributed by atoms with Gasteiger partial charge >= 0.3 is 0 Å². The molecule has 178 valence electrons. The van der Waals surface area contributed by atoms with Crippen LogP contribution in [0.4, 0.5) is 8.78 Å². The number of halogens is 3. The minimum absolute atomic E-state index is 0.121. The number of hydrogen-bond donors (Lipinski definition) is 1. The van der Waals surface area contributed by atoms with Crippen molar-refractivity contribution < 1.29 is 13.6 Å². The lowest BCUT2D eigenvalue weighted by molar-refractivity contribution is -0.0854. The van der Waals surface area contributed by atoms with Gasteiger partial charge in [0, 0.05) is 56.9 Å². The lowest BCUT2D eigenvalue weighted by atomic mass is 9.78. The number of alkyl halides is 2. The fourth-order valence-electron chi connectivity index (χ4n) is 4.92. The molecule has 0 spiro atoms. The van der Waals surface area contributed by atoms with Crippen LogP contribution in [-0.2, 0) is 0 Å². The number of hydrogen-bond acceptors (Lipinski definition) is 4. The van der Waals surface area contributed by atoms with Crippen molar-refractivity contribution in [2.24, 2.45) is 0 Å². The number of rotatable bonds is 8. The Morgan fingerprint density at radius 3 is 2.44 bits per heavy atom. The van der Waals surface area contributed by atoms with E-state index in [9.17, 15) is 13.6 Å². The van der Waals surface area contributed by atoms with Gasteiger partial charge in [-0.3, -0.25) is 9.69 Å². The number of carbonyl (C=O) groups excluding carboxylic acids is 1. The summed E-state index contributed by atoms with van der Waals surface area (Å²) in [6.07, 6.45) is 4.06. The average Bonchev–Trinajstić information content (AvgIpc) is 3.63. The van der Waals surface area contributed by atoms with E-state index in [2.05, 4.69) is 21.4 Å². The van der Waals surface area contributed by atoms with Gasteiger partial charge in [-0.1, -0.05) is 36.5 Å². The summed E-state index contributed by atoms with van der Waals surface area (Å²) in [5.74, 6) is -1.14. The van der Waals surface area contributed by atoms with Gasteiger partial charge in [0.15, 0.2) is 0 Å². The molecular weight excluding hydrogens is 452 g/mol. The topological polar surface area (TPSA) is 35.6 Å². The zero-order valence-electron chi connectivity index (χ0n) is 18.8. The Morgan fingerprint density at radius 1 is 1.16 bits per heavy atom. The molecule has 3 fully saturated rings. The van der Waals surface area contributed by atoms with E-state index in [4.69, 9.17) is 11.6 Å². The molecule has 2 saturated carbocycles. The second-order valence-corrected chi connectivity index (χ2v) is 11.1. The normalized spacial score (nSPS) is 23.8. The predicted octanol–water partition coefficient (Wildman–Crippen LogP) is 5.57. The van der Waals surface area contributed by atoms with Gasteiger partial charge in [-0.25, -0.2) is 13.1 Å². The Labute approximate surface area is 199 Å². The molecule has 1 aromatic rings. The Balaban J connectivity index is 1.41. The fourth-order valence-corrected chi connectivity index (χ4v) is 6.06. The molecule has 1 aromatic carbocycles. The first kappa shape index (κ1) is 24.2. The maximum absolute atomic E-state index is 14.0. The highest BCUT2D eigenvalue weighted by molar-refractivity contribution is 7.97. The molecule has 32 heavy (non-hydrogen) atoms. The highest BCUT2D eigenvalue weighted by Gasteiger charge is 2.47. The van der Waals surface area contributed by atoms with Crippen LogP contribution in [0.1, 0.15) is 73.7 Å². The van der Waals surface area contributed by atoms with E-state index >= 15 is 0 Å². The van der Waals surface area contributed by atoms with Crippen molar-refractivity contribution in [2.45, 2.75) is 69.2 Å². The number of carbonyl (C=O) groups is 1. The minimum atomic E-state index is -2.60. The van der Waals surface area contributed by atoms with Crippen molar-refractivity contribution in [1.82, 2.24) is 14.5 Å². The number of piperazine rings is 1. The van der Waals surface area contributed by atoms with Crippen molar-refractivity contribution in [1.29, 1.82) is 0 Å². The van der Waals surface area contributed by atoms with Gasteiger partial charge in [-0.15, -0.1) is 0 Å². The third-order valence-electron chi connectivity index (χ3n) is 7.16. The summed E-state index contributed by atoms with van der Waals surface area (Å²) >= 11 is 8.29. The lowest BCUT2D eigenvalue weighted by Gasteiger charge is -2.50. The van der Waals surface area contributed by atoms with Crippen molar-refractivity contribution in [3.8, 4) is 0 Å². The second-order valence-electron chi connectivity index (χ2n) is 9.53. The van der Waals surface area contributed by atoms with Crippen molar-refractivity contribution >= 4 is 29.5 Å². The molecule has 1 N–H and O–H groups in total. The fraction of sp³-hybridized carbons (Fsp3) is 0.708. The lowest BCUT2D eigenvalue weighted by Crippen LogP contribution is -2.62. The van der Waals surface area contributed by atoms with Gasteiger partial charge in [0.2, 0.25) is 5.92 Å². The van der Waals surface area contributed by atoms with Gasteiger partial charge in [0.25, 0.3) is 5.91 Å². The summed E-state index contributed by atoms with van der Waals surface area (Å²) in [7, 11) is 0. The second kappa shape index (κ2) is 10.2.